The number of hydrogen-bond donors (Lipinski definition) is 1. The fraction of sp³-hybridized carbons (Fsp3) is 0.933. The van der Waals surface area contributed by atoms with Gasteiger partial charge in [-0.15, -0.1) is 0 Å². The van der Waals surface area contributed by atoms with Gasteiger partial charge in [-0.05, 0) is 46.1 Å². The lowest BCUT2D eigenvalue weighted by Gasteiger charge is -2.46. The normalized spacial score (nSPS) is 35.8. The Morgan fingerprint density at radius 3 is 2.89 bits per heavy atom. The summed E-state index contributed by atoms with van der Waals surface area (Å²) >= 11 is 0. The molecule has 1 saturated carbocycles. The smallest absolute Gasteiger partial charge is 0.108 e. The predicted molar refractivity (Wildman–Crippen MR) is 75.9 cm³/mol. The Bertz CT molecular complexity index is 346. The number of nitrogens with one attached hydrogen (secondary N) is 1. The van der Waals surface area contributed by atoms with Crippen LogP contribution in [0.5, 0.6) is 0 Å². The predicted octanol–water partition coefficient (Wildman–Crippen LogP) is 1.91. The van der Waals surface area contributed by atoms with Crippen LogP contribution < -0.4 is 5.32 Å². The molecule has 0 bridgehead atoms. The highest BCUT2D eigenvalue weighted by atomic mass is 16.5. The molecule has 4 heteroatoms. The minimum absolute atomic E-state index is 0.0524. The Hall–Kier alpha value is -0.630. The largest absolute Gasteiger partial charge is 0.373 e. The van der Waals surface area contributed by atoms with Gasteiger partial charge in [0.15, 0.2) is 0 Å². The summed E-state index contributed by atoms with van der Waals surface area (Å²) in [5, 5.41) is 13.0. The summed E-state index contributed by atoms with van der Waals surface area (Å²) in [5.74, 6) is 0. The van der Waals surface area contributed by atoms with E-state index in [1.807, 2.05) is 0 Å². The van der Waals surface area contributed by atoms with Gasteiger partial charge in [0.25, 0.3) is 0 Å². The molecular weight excluding hydrogens is 238 g/mol. The van der Waals surface area contributed by atoms with E-state index in [0.29, 0.717) is 6.04 Å². The third-order valence-corrected chi connectivity index (χ3v) is 4.43. The lowest BCUT2D eigenvalue weighted by molar-refractivity contribution is -0.102. The van der Waals surface area contributed by atoms with Crippen LogP contribution >= 0.6 is 0 Å². The summed E-state index contributed by atoms with van der Waals surface area (Å²) in [6.07, 6.45) is 4.29. The van der Waals surface area contributed by atoms with Crippen molar-refractivity contribution in [1.82, 2.24) is 10.2 Å². The van der Waals surface area contributed by atoms with Crippen LogP contribution in [-0.2, 0) is 4.74 Å². The van der Waals surface area contributed by atoms with Crippen molar-refractivity contribution in [1.29, 1.82) is 5.26 Å². The molecule has 0 aromatic carbocycles. The van der Waals surface area contributed by atoms with E-state index in [2.05, 4.69) is 37.1 Å². The van der Waals surface area contributed by atoms with Crippen LogP contribution in [0.1, 0.15) is 46.5 Å². The maximum atomic E-state index is 9.54. The molecule has 1 aliphatic carbocycles. The monoisotopic (exact) mass is 265 g/mol. The third kappa shape index (κ3) is 3.47. The second-order valence-corrected chi connectivity index (χ2v) is 6.55. The highest BCUT2D eigenvalue weighted by Crippen LogP contribution is 2.32. The summed E-state index contributed by atoms with van der Waals surface area (Å²) in [7, 11) is 0. The summed E-state index contributed by atoms with van der Waals surface area (Å²) in [5.41, 5.74) is -0.358. The molecule has 0 aromatic heterocycles. The molecule has 0 spiro atoms. The van der Waals surface area contributed by atoms with Crippen LogP contribution in [0.4, 0.5) is 0 Å². The maximum absolute atomic E-state index is 9.54. The third-order valence-electron chi connectivity index (χ3n) is 4.43. The van der Waals surface area contributed by atoms with Crippen molar-refractivity contribution >= 4 is 0 Å². The summed E-state index contributed by atoms with van der Waals surface area (Å²) in [6.45, 7) is 10.1. The Morgan fingerprint density at radius 1 is 1.47 bits per heavy atom. The molecule has 2 atom stereocenters. The molecule has 2 rings (SSSR count). The molecule has 1 saturated heterocycles. The van der Waals surface area contributed by atoms with E-state index < -0.39 is 0 Å². The van der Waals surface area contributed by atoms with Crippen molar-refractivity contribution in [2.75, 3.05) is 26.2 Å². The lowest BCUT2D eigenvalue weighted by Crippen LogP contribution is -2.57. The van der Waals surface area contributed by atoms with E-state index in [9.17, 15) is 5.26 Å². The molecule has 0 aromatic rings. The number of nitrogens with zero attached hydrogens (tertiary/aromatic N) is 2. The molecule has 2 unspecified atom stereocenters. The zero-order valence-corrected chi connectivity index (χ0v) is 12.5. The number of morpholine rings is 1. The SMILES string of the molecule is CCNC1(C#N)CCCC(N2CCOC(C)(C)C2)C1. The number of rotatable bonds is 3. The van der Waals surface area contributed by atoms with Crippen LogP contribution in [0, 0.1) is 11.3 Å². The second-order valence-electron chi connectivity index (χ2n) is 6.55. The van der Waals surface area contributed by atoms with Crippen molar-refractivity contribution < 1.29 is 4.74 Å². The summed E-state index contributed by atoms with van der Waals surface area (Å²) in [6, 6.07) is 3.06. The minimum Gasteiger partial charge on any atom is -0.373 e. The van der Waals surface area contributed by atoms with Gasteiger partial charge in [-0.3, -0.25) is 10.2 Å². The first kappa shape index (κ1) is 14.8. The van der Waals surface area contributed by atoms with E-state index in [1.165, 1.54) is 6.42 Å². The van der Waals surface area contributed by atoms with Gasteiger partial charge in [0, 0.05) is 19.1 Å². The average Bonchev–Trinajstić information content (AvgIpc) is 2.38. The highest BCUT2D eigenvalue weighted by molar-refractivity contribution is 5.11. The molecule has 0 amide bonds. The minimum atomic E-state index is -0.305. The van der Waals surface area contributed by atoms with Crippen LogP contribution in [-0.4, -0.2) is 48.3 Å². The first-order valence-corrected chi connectivity index (χ1v) is 7.54. The van der Waals surface area contributed by atoms with Gasteiger partial charge >= 0.3 is 0 Å². The van der Waals surface area contributed by atoms with Crippen LogP contribution in [0.15, 0.2) is 0 Å². The fourth-order valence-corrected chi connectivity index (χ4v) is 3.56. The van der Waals surface area contributed by atoms with Gasteiger partial charge in [-0.2, -0.15) is 5.26 Å². The average molecular weight is 265 g/mol. The van der Waals surface area contributed by atoms with Crippen molar-refractivity contribution in [3.05, 3.63) is 0 Å². The molecule has 2 fully saturated rings. The first-order valence-electron chi connectivity index (χ1n) is 7.54. The van der Waals surface area contributed by atoms with Gasteiger partial charge in [0.05, 0.1) is 18.3 Å². The van der Waals surface area contributed by atoms with Crippen molar-refractivity contribution in [2.24, 2.45) is 0 Å². The van der Waals surface area contributed by atoms with E-state index >= 15 is 0 Å². The zero-order valence-electron chi connectivity index (χ0n) is 12.5. The zero-order chi connectivity index (χ0) is 13.9. The topological polar surface area (TPSA) is 48.3 Å². The molecule has 2 aliphatic rings. The second kappa shape index (κ2) is 5.78. The fourth-order valence-electron chi connectivity index (χ4n) is 3.56. The number of nitriles is 1. The molecule has 19 heavy (non-hydrogen) atoms. The van der Waals surface area contributed by atoms with Crippen LogP contribution in [0.3, 0.4) is 0 Å². The Labute approximate surface area is 117 Å². The summed E-state index contributed by atoms with van der Waals surface area (Å²) in [4.78, 5) is 2.53. The standard InChI is InChI=1S/C15H27N3O/c1-4-17-15(11-16)7-5-6-13(10-15)18-8-9-19-14(2,3)12-18/h13,17H,4-10,12H2,1-3H3. The van der Waals surface area contributed by atoms with Crippen molar-refractivity contribution in [3.63, 3.8) is 0 Å². The van der Waals surface area contributed by atoms with E-state index in [4.69, 9.17) is 4.74 Å². The van der Waals surface area contributed by atoms with Gasteiger partial charge in [0.1, 0.15) is 5.54 Å². The molecule has 1 aliphatic heterocycles. The molecular formula is C15H27N3O. The first-order chi connectivity index (χ1) is 9.00. The molecule has 4 nitrogen and oxygen atoms in total. The van der Waals surface area contributed by atoms with Gasteiger partial charge < -0.3 is 4.74 Å². The maximum Gasteiger partial charge on any atom is 0.108 e. The molecule has 0 radical (unpaired) electrons. The van der Waals surface area contributed by atoms with Gasteiger partial charge in [0.2, 0.25) is 0 Å². The number of hydrogen-bond acceptors (Lipinski definition) is 4. The number of ether oxygens (including phenoxy) is 1. The molecule has 1 N–H and O–H groups in total. The van der Waals surface area contributed by atoms with E-state index in [0.717, 1.165) is 45.5 Å². The van der Waals surface area contributed by atoms with Gasteiger partial charge in [-0.1, -0.05) is 6.92 Å². The molecule has 1 heterocycles. The van der Waals surface area contributed by atoms with Crippen molar-refractivity contribution in [2.45, 2.75) is 63.6 Å². The molecule has 108 valence electrons. The van der Waals surface area contributed by atoms with Crippen LogP contribution in [0.25, 0.3) is 0 Å². The van der Waals surface area contributed by atoms with E-state index in [1.54, 1.807) is 0 Å². The quantitative estimate of drug-likeness (QED) is 0.847. The van der Waals surface area contributed by atoms with Gasteiger partial charge in [-0.25, -0.2) is 0 Å². The lowest BCUT2D eigenvalue weighted by atomic mass is 9.79. The van der Waals surface area contributed by atoms with Crippen molar-refractivity contribution in [3.8, 4) is 6.07 Å². The Kier molecular flexibility index (Phi) is 4.50. The highest BCUT2D eigenvalue weighted by Gasteiger charge is 2.40. The summed E-state index contributed by atoms with van der Waals surface area (Å²) < 4.78 is 5.79. The Balaban J connectivity index is 2.03. The Morgan fingerprint density at radius 2 is 2.26 bits per heavy atom. The van der Waals surface area contributed by atoms with E-state index in [-0.39, 0.29) is 11.1 Å². The van der Waals surface area contributed by atoms with Crippen LogP contribution in [0.2, 0.25) is 0 Å².